The predicted octanol–water partition coefficient (Wildman–Crippen LogP) is 4.11. The first-order valence-electron chi connectivity index (χ1n) is 8.81. The molecule has 2 aromatic rings. The molecule has 4 nitrogen and oxygen atoms in total. The lowest BCUT2D eigenvalue weighted by Crippen LogP contribution is -2.33. The van der Waals surface area contributed by atoms with Gasteiger partial charge in [0.05, 0.1) is 19.2 Å². The number of H-pyrrole nitrogens is 1. The minimum absolute atomic E-state index is 0.0651. The molecule has 0 saturated heterocycles. The van der Waals surface area contributed by atoms with E-state index in [1.54, 1.807) is 14.2 Å². The molecule has 1 aliphatic heterocycles. The van der Waals surface area contributed by atoms with Crippen molar-refractivity contribution in [2.24, 2.45) is 17.8 Å². The van der Waals surface area contributed by atoms with Gasteiger partial charge >= 0.3 is 4.87 Å². The lowest BCUT2D eigenvalue weighted by molar-refractivity contribution is 0.306. The first-order valence-corrected chi connectivity index (χ1v) is 10.5. The number of hydrogen-bond donors (Lipinski definition) is 1. The van der Waals surface area contributed by atoms with Gasteiger partial charge in [-0.15, -0.1) is 11.8 Å². The normalized spacial score (nSPS) is 32.3. The molecule has 0 amide bonds. The van der Waals surface area contributed by atoms with E-state index in [0.717, 1.165) is 28.4 Å². The van der Waals surface area contributed by atoms with Gasteiger partial charge in [-0.05, 0) is 54.7 Å². The van der Waals surface area contributed by atoms with Gasteiger partial charge in [0.15, 0.2) is 11.5 Å². The lowest BCUT2D eigenvalue weighted by Gasteiger charge is -2.40. The van der Waals surface area contributed by atoms with Crippen LogP contribution in [-0.4, -0.2) is 24.5 Å². The number of rotatable bonds is 3. The van der Waals surface area contributed by atoms with E-state index in [9.17, 15) is 4.79 Å². The molecule has 6 heteroatoms. The van der Waals surface area contributed by atoms with Gasteiger partial charge in [-0.2, -0.15) is 0 Å². The quantitative estimate of drug-likeness (QED) is 0.877. The van der Waals surface area contributed by atoms with Gasteiger partial charge in [0, 0.05) is 16.0 Å². The minimum Gasteiger partial charge on any atom is -0.493 e. The Morgan fingerprint density at radius 1 is 1.12 bits per heavy atom. The van der Waals surface area contributed by atoms with E-state index in [0.29, 0.717) is 17.1 Å². The molecule has 3 aliphatic rings. The second-order valence-corrected chi connectivity index (χ2v) is 9.50. The molecule has 132 valence electrons. The van der Waals surface area contributed by atoms with Crippen LogP contribution in [0.1, 0.15) is 35.6 Å². The monoisotopic (exact) mass is 375 g/mol. The third kappa shape index (κ3) is 2.30. The summed E-state index contributed by atoms with van der Waals surface area (Å²) in [6, 6.07) is 6.25. The van der Waals surface area contributed by atoms with Crippen molar-refractivity contribution in [3.63, 3.8) is 0 Å². The second kappa shape index (κ2) is 5.81. The van der Waals surface area contributed by atoms with Crippen LogP contribution >= 0.6 is 23.1 Å². The zero-order valence-electron chi connectivity index (χ0n) is 14.3. The number of methoxy groups -OCH3 is 2. The highest BCUT2D eigenvalue weighted by atomic mass is 32.2. The third-order valence-corrected chi connectivity index (χ3v) is 8.86. The number of thiazole rings is 1. The Morgan fingerprint density at radius 2 is 1.92 bits per heavy atom. The van der Waals surface area contributed by atoms with Crippen molar-refractivity contribution >= 4 is 23.1 Å². The largest absolute Gasteiger partial charge is 0.493 e. The third-order valence-electron chi connectivity index (χ3n) is 6.23. The summed E-state index contributed by atoms with van der Waals surface area (Å²) in [6.07, 6.45) is 4.04. The first kappa shape index (κ1) is 15.8. The number of aromatic amines is 1. The van der Waals surface area contributed by atoms with Crippen molar-refractivity contribution in [2.45, 2.75) is 35.5 Å². The Hall–Kier alpha value is -1.40. The number of thioether (sulfide) groups is 1. The van der Waals surface area contributed by atoms with Crippen LogP contribution in [0.4, 0.5) is 0 Å². The fourth-order valence-corrected chi connectivity index (χ4v) is 8.16. The molecule has 0 radical (unpaired) electrons. The van der Waals surface area contributed by atoms with Gasteiger partial charge in [0.25, 0.3) is 0 Å². The summed E-state index contributed by atoms with van der Waals surface area (Å²) < 4.78 is 10.9. The van der Waals surface area contributed by atoms with Crippen LogP contribution in [-0.2, 0) is 0 Å². The highest BCUT2D eigenvalue weighted by molar-refractivity contribution is 8.00. The van der Waals surface area contributed by atoms with Gasteiger partial charge in [0.2, 0.25) is 0 Å². The van der Waals surface area contributed by atoms with Crippen molar-refractivity contribution in [1.82, 2.24) is 4.98 Å². The van der Waals surface area contributed by atoms with Crippen LogP contribution in [0.25, 0.3) is 0 Å². The van der Waals surface area contributed by atoms with Gasteiger partial charge in [-0.25, -0.2) is 0 Å². The van der Waals surface area contributed by atoms with E-state index in [-0.39, 0.29) is 4.87 Å². The van der Waals surface area contributed by atoms with Gasteiger partial charge in [-0.3, -0.25) is 4.79 Å². The Balaban J connectivity index is 1.66. The molecule has 2 fully saturated rings. The standard InChI is InChI=1S/C19H21NO3S2/c1-22-12-6-5-10(8-13(12)23-2)15-14-9-3-4-11(7-9)16(14)24-18-17(15)25-19(21)20-18/h5-6,8-9,11,14-16H,3-4,7H2,1-2H3,(H,20,21)/t9-,11+,14+,15+,16+/m1/s1. The summed E-state index contributed by atoms with van der Waals surface area (Å²) in [5, 5.41) is 1.73. The lowest BCUT2D eigenvalue weighted by atomic mass is 9.75. The summed E-state index contributed by atoms with van der Waals surface area (Å²) in [7, 11) is 3.34. The Kier molecular flexibility index (Phi) is 3.68. The van der Waals surface area contributed by atoms with E-state index < -0.39 is 0 Å². The number of aromatic nitrogens is 1. The first-order chi connectivity index (χ1) is 12.2. The predicted molar refractivity (Wildman–Crippen MR) is 100 cm³/mol. The number of fused-ring (bicyclic) bond motifs is 6. The summed E-state index contributed by atoms with van der Waals surface area (Å²) in [6.45, 7) is 0. The average molecular weight is 376 g/mol. The number of ether oxygens (including phenoxy) is 2. The van der Waals surface area contributed by atoms with Gasteiger partial charge in [0.1, 0.15) is 0 Å². The maximum Gasteiger partial charge on any atom is 0.305 e. The number of nitrogens with one attached hydrogen (secondary N) is 1. The maximum absolute atomic E-state index is 12.1. The molecule has 1 aromatic heterocycles. The van der Waals surface area contributed by atoms with Crippen molar-refractivity contribution in [1.29, 1.82) is 0 Å². The molecular formula is C19H21NO3S2. The Labute approximate surface area is 154 Å². The van der Waals surface area contributed by atoms with E-state index in [2.05, 4.69) is 17.1 Å². The number of benzene rings is 1. The molecule has 0 unspecified atom stereocenters. The van der Waals surface area contributed by atoms with Crippen LogP contribution in [0.2, 0.25) is 0 Å². The maximum atomic E-state index is 12.1. The van der Waals surface area contributed by atoms with E-state index >= 15 is 0 Å². The van der Waals surface area contributed by atoms with Crippen LogP contribution < -0.4 is 14.3 Å². The summed E-state index contributed by atoms with van der Waals surface area (Å²) in [5.74, 6) is 4.03. The topological polar surface area (TPSA) is 51.3 Å². The highest BCUT2D eigenvalue weighted by Crippen LogP contribution is 2.63. The fraction of sp³-hybridized carbons (Fsp3) is 0.526. The van der Waals surface area contributed by atoms with E-state index in [4.69, 9.17) is 9.47 Å². The van der Waals surface area contributed by atoms with Gasteiger partial charge < -0.3 is 14.5 Å². The zero-order chi connectivity index (χ0) is 17.1. The smallest absolute Gasteiger partial charge is 0.305 e. The molecule has 2 aliphatic carbocycles. The molecule has 2 saturated carbocycles. The number of hydrogen-bond acceptors (Lipinski definition) is 5. The molecular weight excluding hydrogens is 354 g/mol. The molecule has 1 aromatic carbocycles. The SMILES string of the molecule is COc1ccc([C@@H]2c3sc(=O)[nH]c3S[C@H]3[C@H]4CC[C@H](C4)[C@@H]23)cc1OC. The van der Waals surface area contributed by atoms with Crippen molar-refractivity contribution in [3.8, 4) is 11.5 Å². The molecule has 5 atom stereocenters. The van der Waals surface area contributed by atoms with E-state index in [1.807, 2.05) is 17.8 Å². The molecule has 5 rings (SSSR count). The van der Waals surface area contributed by atoms with Gasteiger partial charge in [-0.1, -0.05) is 17.4 Å². The minimum atomic E-state index is 0.0651. The van der Waals surface area contributed by atoms with Crippen molar-refractivity contribution < 1.29 is 9.47 Å². The van der Waals surface area contributed by atoms with Crippen LogP contribution in [0.15, 0.2) is 28.0 Å². The zero-order valence-corrected chi connectivity index (χ0v) is 15.9. The highest BCUT2D eigenvalue weighted by Gasteiger charge is 2.54. The fourth-order valence-electron chi connectivity index (χ4n) is 5.27. The summed E-state index contributed by atoms with van der Waals surface area (Å²) >= 11 is 3.32. The molecule has 25 heavy (non-hydrogen) atoms. The molecule has 0 spiro atoms. The summed E-state index contributed by atoms with van der Waals surface area (Å²) in [5.41, 5.74) is 1.25. The second-order valence-electron chi connectivity index (χ2n) is 7.29. The van der Waals surface area contributed by atoms with Crippen LogP contribution in [0, 0.1) is 17.8 Å². The van der Waals surface area contributed by atoms with Crippen LogP contribution in [0.3, 0.4) is 0 Å². The molecule has 1 N–H and O–H groups in total. The Morgan fingerprint density at radius 3 is 2.72 bits per heavy atom. The summed E-state index contributed by atoms with van der Waals surface area (Å²) in [4.78, 5) is 16.4. The van der Waals surface area contributed by atoms with Crippen molar-refractivity contribution in [2.75, 3.05) is 14.2 Å². The van der Waals surface area contributed by atoms with Crippen molar-refractivity contribution in [3.05, 3.63) is 38.3 Å². The van der Waals surface area contributed by atoms with E-state index in [1.165, 1.54) is 41.0 Å². The van der Waals surface area contributed by atoms with Crippen LogP contribution in [0.5, 0.6) is 11.5 Å². The molecule has 2 bridgehead atoms. The Bertz CT molecular complexity index is 874. The average Bonchev–Trinajstić information content (AvgIpc) is 3.32. The molecule has 2 heterocycles.